The number of morpholine rings is 1. The van der Waals surface area contributed by atoms with Crippen LogP contribution in [0.5, 0.6) is 0 Å². The minimum Gasteiger partial charge on any atom is -0.377 e. The molecule has 0 bridgehead atoms. The zero-order valence-electron chi connectivity index (χ0n) is 12.5. The maximum Gasteiger partial charge on any atom is 0.0683 e. The topological polar surface area (TPSA) is 28.6 Å². The number of rotatable bonds is 4. The molecular formula is C15H25N3O. The Hall–Kier alpha value is -1.13. The molecule has 1 aliphatic rings. The second-order valence-corrected chi connectivity index (χ2v) is 5.78. The van der Waals surface area contributed by atoms with Crippen LogP contribution in [-0.2, 0) is 4.74 Å². The zero-order valence-corrected chi connectivity index (χ0v) is 12.5. The van der Waals surface area contributed by atoms with E-state index in [0.29, 0.717) is 12.0 Å². The molecule has 0 amide bonds. The van der Waals surface area contributed by atoms with Gasteiger partial charge in [-0.05, 0) is 32.1 Å². The molecule has 0 N–H and O–H groups in total. The highest BCUT2D eigenvalue weighted by molar-refractivity contribution is 5.46. The van der Waals surface area contributed by atoms with Gasteiger partial charge >= 0.3 is 0 Å². The van der Waals surface area contributed by atoms with E-state index in [1.807, 2.05) is 6.20 Å². The van der Waals surface area contributed by atoms with Gasteiger partial charge in [0.25, 0.3) is 0 Å². The van der Waals surface area contributed by atoms with Crippen molar-refractivity contribution in [2.24, 2.45) is 0 Å². The number of pyridine rings is 1. The molecule has 0 aliphatic carbocycles. The monoisotopic (exact) mass is 263 g/mol. The standard InChI is InChI=1S/C15H25N3O/c1-12(2)15-6-5-13(9-16-15)18-7-8-19-11-14(18)10-17(3)4/h5-6,9,12,14H,7-8,10-11H2,1-4H3. The van der Waals surface area contributed by atoms with Gasteiger partial charge in [0.1, 0.15) is 0 Å². The quantitative estimate of drug-likeness (QED) is 0.830. The van der Waals surface area contributed by atoms with Crippen molar-refractivity contribution in [1.29, 1.82) is 0 Å². The van der Waals surface area contributed by atoms with Crippen LogP contribution in [0.4, 0.5) is 5.69 Å². The van der Waals surface area contributed by atoms with Crippen LogP contribution in [0.2, 0.25) is 0 Å². The molecular weight excluding hydrogens is 238 g/mol. The van der Waals surface area contributed by atoms with Gasteiger partial charge in [0.2, 0.25) is 0 Å². The number of likely N-dealkylation sites (N-methyl/N-ethyl adjacent to an activating group) is 1. The Labute approximate surface area is 116 Å². The van der Waals surface area contributed by atoms with E-state index in [4.69, 9.17) is 4.74 Å². The lowest BCUT2D eigenvalue weighted by Crippen LogP contribution is -2.50. The molecule has 19 heavy (non-hydrogen) atoms. The highest BCUT2D eigenvalue weighted by Gasteiger charge is 2.24. The smallest absolute Gasteiger partial charge is 0.0683 e. The number of hydrogen-bond donors (Lipinski definition) is 0. The molecule has 0 saturated carbocycles. The van der Waals surface area contributed by atoms with Crippen LogP contribution in [0, 0.1) is 0 Å². The molecule has 106 valence electrons. The summed E-state index contributed by atoms with van der Waals surface area (Å²) in [5, 5.41) is 0. The van der Waals surface area contributed by atoms with Gasteiger partial charge in [-0.1, -0.05) is 13.8 Å². The Balaban J connectivity index is 2.12. The second-order valence-electron chi connectivity index (χ2n) is 5.78. The molecule has 4 nitrogen and oxygen atoms in total. The first kappa shape index (κ1) is 14.3. The third-order valence-electron chi connectivity index (χ3n) is 3.50. The molecule has 0 aromatic carbocycles. The highest BCUT2D eigenvalue weighted by atomic mass is 16.5. The average molecular weight is 263 g/mol. The first-order valence-corrected chi connectivity index (χ1v) is 7.03. The lowest BCUT2D eigenvalue weighted by atomic mass is 10.1. The first-order valence-electron chi connectivity index (χ1n) is 7.03. The fraction of sp³-hybridized carbons (Fsp3) is 0.667. The third-order valence-corrected chi connectivity index (χ3v) is 3.50. The van der Waals surface area contributed by atoms with Gasteiger partial charge in [0, 0.05) is 18.8 Å². The lowest BCUT2D eigenvalue weighted by molar-refractivity contribution is 0.0854. The number of anilines is 1. The maximum absolute atomic E-state index is 5.61. The molecule has 2 heterocycles. The molecule has 0 spiro atoms. The molecule has 1 unspecified atom stereocenters. The van der Waals surface area contributed by atoms with E-state index >= 15 is 0 Å². The van der Waals surface area contributed by atoms with E-state index in [1.165, 1.54) is 5.69 Å². The molecule has 0 radical (unpaired) electrons. The zero-order chi connectivity index (χ0) is 13.8. The summed E-state index contributed by atoms with van der Waals surface area (Å²) >= 11 is 0. The van der Waals surface area contributed by atoms with Crippen LogP contribution in [0.3, 0.4) is 0 Å². The van der Waals surface area contributed by atoms with Crippen LogP contribution in [0.1, 0.15) is 25.5 Å². The fourth-order valence-corrected chi connectivity index (χ4v) is 2.48. The van der Waals surface area contributed by atoms with Crippen LogP contribution in [0.15, 0.2) is 18.3 Å². The number of ether oxygens (including phenoxy) is 1. The Morgan fingerprint density at radius 3 is 2.79 bits per heavy atom. The Bertz CT molecular complexity index is 389. The molecule has 1 atom stereocenters. The predicted molar refractivity (Wildman–Crippen MR) is 78.8 cm³/mol. The number of nitrogens with zero attached hydrogens (tertiary/aromatic N) is 3. The van der Waals surface area contributed by atoms with Crippen molar-refractivity contribution in [3.05, 3.63) is 24.0 Å². The van der Waals surface area contributed by atoms with Crippen LogP contribution in [-0.4, -0.2) is 56.3 Å². The van der Waals surface area contributed by atoms with Crippen molar-refractivity contribution < 1.29 is 4.74 Å². The van der Waals surface area contributed by atoms with E-state index in [0.717, 1.165) is 32.0 Å². The van der Waals surface area contributed by atoms with Crippen molar-refractivity contribution in [1.82, 2.24) is 9.88 Å². The van der Waals surface area contributed by atoms with E-state index in [1.54, 1.807) is 0 Å². The number of aromatic nitrogens is 1. The molecule has 1 aromatic rings. The predicted octanol–water partition coefficient (Wildman–Crippen LogP) is 1.97. The van der Waals surface area contributed by atoms with E-state index in [9.17, 15) is 0 Å². The Morgan fingerprint density at radius 1 is 1.42 bits per heavy atom. The van der Waals surface area contributed by atoms with Gasteiger partial charge in [-0.2, -0.15) is 0 Å². The normalized spacial score (nSPS) is 20.3. The van der Waals surface area contributed by atoms with Crippen molar-refractivity contribution in [3.63, 3.8) is 0 Å². The summed E-state index contributed by atoms with van der Waals surface area (Å²) in [5.41, 5.74) is 2.36. The van der Waals surface area contributed by atoms with E-state index in [2.05, 4.69) is 54.9 Å². The average Bonchev–Trinajstić information content (AvgIpc) is 2.39. The largest absolute Gasteiger partial charge is 0.377 e. The minimum absolute atomic E-state index is 0.412. The first-order chi connectivity index (χ1) is 9.08. The van der Waals surface area contributed by atoms with Gasteiger partial charge < -0.3 is 14.5 Å². The summed E-state index contributed by atoms with van der Waals surface area (Å²) in [5.74, 6) is 0.483. The fourth-order valence-electron chi connectivity index (χ4n) is 2.48. The molecule has 1 saturated heterocycles. The van der Waals surface area contributed by atoms with Crippen molar-refractivity contribution in [2.45, 2.75) is 25.8 Å². The lowest BCUT2D eigenvalue weighted by Gasteiger charge is -2.38. The third kappa shape index (κ3) is 3.67. The summed E-state index contributed by atoms with van der Waals surface area (Å²) in [4.78, 5) is 9.20. The van der Waals surface area contributed by atoms with Crippen molar-refractivity contribution in [3.8, 4) is 0 Å². The van der Waals surface area contributed by atoms with E-state index < -0.39 is 0 Å². The summed E-state index contributed by atoms with van der Waals surface area (Å²) in [6.07, 6.45) is 2.00. The van der Waals surface area contributed by atoms with Gasteiger partial charge in [-0.3, -0.25) is 4.98 Å². The molecule has 4 heteroatoms. The van der Waals surface area contributed by atoms with Crippen molar-refractivity contribution in [2.75, 3.05) is 45.3 Å². The minimum atomic E-state index is 0.412. The summed E-state index contributed by atoms with van der Waals surface area (Å²) in [7, 11) is 4.21. The van der Waals surface area contributed by atoms with Gasteiger partial charge in [-0.15, -0.1) is 0 Å². The van der Waals surface area contributed by atoms with Gasteiger partial charge in [0.05, 0.1) is 31.1 Å². The SMILES string of the molecule is CC(C)c1ccc(N2CCOCC2CN(C)C)cn1. The molecule has 1 fully saturated rings. The van der Waals surface area contributed by atoms with Crippen molar-refractivity contribution >= 4 is 5.69 Å². The molecule has 2 rings (SSSR count). The van der Waals surface area contributed by atoms with Crippen LogP contribution in [0.25, 0.3) is 0 Å². The highest BCUT2D eigenvalue weighted by Crippen LogP contribution is 2.21. The Kier molecular flexibility index (Phi) is 4.77. The Morgan fingerprint density at radius 2 is 2.21 bits per heavy atom. The molecule has 1 aromatic heterocycles. The summed E-state index contributed by atoms with van der Waals surface area (Å²) < 4.78 is 5.61. The maximum atomic E-state index is 5.61. The van der Waals surface area contributed by atoms with Gasteiger partial charge in [0.15, 0.2) is 0 Å². The molecule has 1 aliphatic heterocycles. The van der Waals surface area contributed by atoms with Crippen LogP contribution >= 0.6 is 0 Å². The van der Waals surface area contributed by atoms with Gasteiger partial charge in [-0.25, -0.2) is 0 Å². The second kappa shape index (κ2) is 6.35. The summed E-state index contributed by atoms with van der Waals surface area (Å²) in [6.45, 7) is 7.89. The van der Waals surface area contributed by atoms with Crippen LogP contribution < -0.4 is 4.90 Å². The number of hydrogen-bond acceptors (Lipinski definition) is 4. The summed E-state index contributed by atoms with van der Waals surface area (Å²) in [6, 6.07) is 4.74. The van der Waals surface area contributed by atoms with E-state index in [-0.39, 0.29) is 0 Å².